The second-order valence-electron chi connectivity index (χ2n) is 7.44. The molecule has 0 aliphatic carbocycles. The Labute approximate surface area is 133 Å². The molecule has 3 nitrogen and oxygen atoms in total. The fraction of sp³-hybridized carbons (Fsp3) is 1.00. The van der Waals surface area contributed by atoms with Crippen molar-refractivity contribution >= 4 is 0 Å². The van der Waals surface area contributed by atoms with Gasteiger partial charge in [0.15, 0.2) is 0 Å². The summed E-state index contributed by atoms with van der Waals surface area (Å²) in [5, 5.41) is 3.71. The Bertz CT molecular complexity index is 274. The molecule has 1 aliphatic rings. The first kappa shape index (κ1) is 18.9. The second-order valence-corrected chi connectivity index (χ2v) is 7.44. The standard InChI is InChI=1S/C18H39N3/c1-7-18(8-2,14-19-12-16(4)5)15-20-10-11-21(9-3)17(6)13-20/h16-17,19H,7-15H2,1-6H3. The highest BCUT2D eigenvalue weighted by atomic mass is 15.3. The zero-order valence-corrected chi connectivity index (χ0v) is 15.4. The van der Waals surface area contributed by atoms with Gasteiger partial charge in [-0.1, -0.05) is 34.6 Å². The maximum atomic E-state index is 3.71. The summed E-state index contributed by atoms with van der Waals surface area (Å²) in [4.78, 5) is 5.31. The molecule has 3 heteroatoms. The first-order valence-corrected chi connectivity index (χ1v) is 9.13. The SMILES string of the molecule is CCN1CCN(CC(CC)(CC)CNCC(C)C)CC1C. The summed E-state index contributed by atoms with van der Waals surface area (Å²) in [5.74, 6) is 0.740. The van der Waals surface area contributed by atoms with Crippen LogP contribution in [0.5, 0.6) is 0 Å². The Morgan fingerprint density at radius 1 is 1.14 bits per heavy atom. The Morgan fingerprint density at radius 2 is 1.81 bits per heavy atom. The Morgan fingerprint density at radius 3 is 2.29 bits per heavy atom. The van der Waals surface area contributed by atoms with E-state index < -0.39 is 0 Å². The molecule has 1 N–H and O–H groups in total. The van der Waals surface area contributed by atoms with Crippen molar-refractivity contribution in [1.82, 2.24) is 15.1 Å². The first-order chi connectivity index (χ1) is 9.96. The van der Waals surface area contributed by atoms with Crippen LogP contribution in [0.2, 0.25) is 0 Å². The quantitative estimate of drug-likeness (QED) is 0.705. The molecular formula is C18H39N3. The molecule has 1 fully saturated rings. The molecule has 0 aromatic heterocycles. The van der Waals surface area contributed by atoms with Crippen LogP contribution in [-0.4, -0.2) is 61.7 Å². The summed E-state index contributed by atoms with van der Waals surface area (Å²) < 4.78 is 0. The van der Waals surface area contributed by atoms with E-state index in [1.807, 2.05) is 0 Å². The second kappa shape index (κ2) is 9.12. The Hall–Kier alpha value is -0.120. The number of likely N-dealkylation sites (N-methyl/N-ethyl adjacent to an activating group) is 1. The molecule has 21 heavy (non-hydrogen) atoms. The molecule has 0 bridgehead atoms. The molecular weight excluding hydrogens is 258 g/mol. The number of nitrogens with zero attached hydrogens (tertiary/aromatic N) is 2. The van der Waals surface area contributed by atoms with Crippen LogP contribution in [0.1, 0.15) is 54.4 Å². The molecule has 0 spiro atoms. The lowest BCUT2D eigenvalue weighted by molar-refractivity contribution is 0.0494. The van der Waals surface area contributed by atoms with Crippen molar-refractivity contribution in [2.75, 3.05) is 45.8 Å². The van der Waals surface area contributed by atoms with Gasteiger partial charge < -0.3 is 5.32 Å². The van der Waals surface area contributed by atoms with Gasteiger partial charge in [0.2, 0.25) is 0 Å². The lowest BCUT2D eigenvalue weighted by atomic mass is 9.81. The maximum absolute atomic E-state index is 3.71. The van der Waals surface area contributed by atoms with Gasteiger partial charge in [-0.3, -0.25) is 9.80 Å². The van der Waals surface area contributed by atoms with E-state index in [1.165, 1.54) is 52.1 Å². The average molecular weight is 298 g/mol. The Balaban J connectivity index is 2.53. The fourth-order valence-electron chi connectivity index (χ4n) is 3.56. The summed E-state index contributed by atoms with van der Waals surface area (Å²) in [6.07, 6.45) is 2.55. The molecule has 0 saturated carbocycles. The lowest BCUT2D eigenvalue weighted by Gasteiger charge is -2.44. The van der Waals surface area contributed by atoms with Crippen LogP contribution >= 0.6 is 0 Å². The van der Waals surface area contributed by atoms with Crippen LogP contribution in [0.15, 0.2) is 0 Å². The summed E-state index contributed by atoms with van der Waals surface area (Å²) in [7, 11) is 0. The van der Waals surface area contributed by atoms with Gasteiger partial charge in [-0.25, -0.2) is 0 Å². The van der Waals surface area contributed by atoms with E-state index >= 15 is 0 Å². The number of piperazine rings is 1. The van der Waals surface area contributed by atoms with Crippen molar-refractivity contribution in [3.8, 4) is 0 Å². The summed E-state index contributed by atoms with van der Waals surface area (Å²) in [6.45, 7) is 22.4. The normalized spacial score (nSPS) is 22.1. The highest BCUT2D eigenvalue weighted by Gasteiger charge is 2.31. The summed E-state index contributed by atoms with van der Waals surface area (Å²) >= 11 is 0. The first-order valence-electron chi connectivity index (χ1n) is 9.13. The van der Waals surface area contributed by atoms with Crippen LogP contribution in [0.3, 0.4) is 0 Å². The molecule has 1 saturated heterocycles. The molecule has 1 heterocycles. The molecule has 0 radical (unpaired) electrons. The minimum atomic E-state index is 0.447. The van der Waals surface area contributed by atoms with Gasteiger partial charge in [0, 0.05) is 38.8 Å². The molecule has 1 atom stereocenters. The van der Waals surface area contributed by atoms with Crippen LogP contribution in [-0.2, 0) is 0 Å². The van der Waals surface area contributed by atoms with E-state index in [4.69, 9.17) is 0 Å². The van der Waals surface area contributed by atoms with Gasteiger partial charge in [-0.05, 0) is 44.2 Å². The number of hydrogen-bond acceptors (Lipinski definition) is 3. The third-order valence-electron chi connectivity index (χ3n) is 5.37. The zero-order chi connectivity index (χ0) is 15.9. The van der Waals surface area contributed by atoms with Crippen molar-refractivity contribution in [1.29, 1.82) is 0 Å². The minimum absolute atomic E-state index is 0.447. The molecule has 0 aromatic carbocycles. The zero-order valence-electron chi connectivity index (χ0n) is 15.4. The summed E-state index contributed by atoms with van der Waals surface area (Å²) in [6, 6.07) is 0.707. The van der Waals surface area contributed by atoms with Crippen LogP contribution in [0, 0.1) is 11.3 Å². The molecule has 126 valence electrons. The highest BCUT2D eigenvalue weighted by molar-refractivity contribution is 4.87. The Kier molecular flexibility index (Phi) is 8.22. The molecule has 0 aromatic rings. The van der Waals surface area contributed by atoms with Crippen LogP contribution < -0.4 is 5.32 Å². The van der Waals surface area contributed by atoms with Crippen LogP contribution in [0.4, 0.5) is 0 Å². The van der Waals surface area contributed by atoms with Gasteiger partial charge >= 0.3 is 0 Å². The summed E-state index contributed by atoms with van der Waals surface area (Å²) in [5.41, 5.74) is 0.447. The number of rotatable bonds is 9. The van der Waals surface area contributed by atoms with E-state index in [1.54, 1.807) is 0 Å². The van der Waals surface area contributed by atoms with Crippen LogP contribution in [0.25, 0.3) is 0 Å². The van der Waals surface area contributed by atoms with E-state index in [9.17, 15) is 0 Å². The lowest BCUT2D eigenvalue weighted by Crippen LogP contribution is -2.55. The third-order valence-corrected chi connectivity index (χ3v) is 5.37. The monoisotopic (exact) mass is 297 g/mol. The number of hydrogen-bond donors (Lipinski definition) is 1. The molecule has 0 amide bonds. The molecule has 1 rings (SSSR count). The highest BCUT2D eigenvalue weighted by Crippen LogP contribution is 2.28. The number of nitrogens with one attached hydrogen (secondary N) is 1. The molecule has 1 unspecified atom stereocenters. The maximum Gasteiger partial charge on any atom is 0.0195 e. The van der Waals surface area contributed by atoms with E-state index in [2.05, 4.69) is 56.7 Å². The predicted octanol–water partition coefficient (Wildman–Crippen LogP) is 3.06. The van der Waals surface area contributed by atoms with Crippen molar-refractivity contribution in [3.63, 3.8) is 0 Å². The third kappa shape index (κ3) is 5.88. The minimum Gasteiger partial charge on any atom is -0.316 e. The fourth-order valence-corrected chi connectivity index (χ4v) is 3.56. The van der Waals surface area contributed by atoms with E-state index in [0.29, 0.717) is 11.5 Å². The van der Waals surface area contributed by atoms with E-state index in [0.717, 1.165) is 12.5 Å². The predicted molar refractivity (Wildman–Crippen MR) is 93.9 cm³/mol. The molecule has 1 aliphatic heterocycles. The van der Waals surface area contributed by atoms with Gasteiger partial charge in [0.05, 0.1) is 0 Å². The van der Waals surface area contributed by atoms with Gasteiger partial charge in [0.1, 0.15) is 0 Å². The van der Waals surface area contributed by atoms with E-state index in [-0.39, 0.29) is 0 Å². The van der Waals surface area contributed by atoms with Crippen molar-refractivity contribution in [2.45, 2.75) is 60.4 Å². The van der Waals surface area contributed by atoms with Crippen molar-refractivity contribution in [3.05, 3.63) is 0 Å². The topological polar surface area (TPSA) is 18.5 Å². The van der Waals surface area contributed by atoms with Crippen molar-refractivity contribution in [2.24, 2.45) is 11.3 Å². The largest absolute Gasteiger partial charge is 0.316 e. The smallest absolute Gasteiger partial charge is 0.0195 e. The van der Waals surface area contributed by atoms with Gasteiger partial charge in [0.25, 0.3) is 0 Å². The average Bonchev–Trinajstić information content (AvgIpc) is 2.46. The van der Waals surface area contributed by atoms with Gasteiger partial charge in [-0.15, -0.1) is 0 Å². The van der Waals surface area contributed by atoms with Crippen molar-refractivity contribution < 1.29 is 0 Å². The van der Waals surface area contributed by atoms with Gasteiger partial charge in [-0.2, -0.15) is 0 Å².